The van der Waals surface area contributed by atoms with E-state index in [0.29, 0.717) is 35.5 Å². The molecular formula is C22H25N3O3S. The predicted octanol–water partition coefficient (Wildman–Crippen LogP) is 4.69. The van der Waals surface area contributed by atoms with Crippen molar-refractivity contribution in [3.8, 4) is 11.4 Å². The van der Waals surface area contributed by atoms with Crippen LogP contribution in [-0.4, -0.2) is 29.4 Å². The zero-order valence-corrected chi connectivity index (χ0v) is 17.7. The van der Waals surface area contributed by atoms with E-state index in [-0.39, 0.29) is 0 Å². The van der Waals surface area contributed by atoms with Crippen molar-refractivity contribution in [2.75, 3.05) is 6.54 Å². The number of rotatable bonds is 5. The third-order valence-corrected chi connectivity index (χ3v) is 7.28. The summed E-state index contributed by atoms with van der Waals surface area (Å²) in [5.41, 5.74) is 3.07. The highest BCUT2D eigenvalue weighted by molar-refractivity contribution is 7.89. The van der Waals surface area contributed by atoms with E-state index in [0.717, 1.165) is 23.1 Å². The van der Waals surface area contributed by atoms with Crippen LogP contribution < -0.4 is 0 Å². The van der Waals surface area contributed by atoms with Crippen LogP contribution in [-0.2, 0) is 10.0 Å². The molecule has 29 heavy (non-hydrogen) atoms. The van der Waals surface area contributed by atoms with Crippen LogP contribution in [0.2, 0.25) is 0 Å². The summed E-state index contributed by atoms with van der Waals surface area (Å²) in [5.74, 6) is 1.18. The summed E-state index contributed by atoms with van der Waals surface area (Å²) in [6.07, 6.45) is 1.43. The van der Waals surface area contributed by atoms with Gasteiger partial charge in [0.2, 0.25) is 21.7 Å². The molecule has 1 atom stereocenters. The lowest BCUT2D eigenvalue weighted by molar-refractivity contribution is 0.290. The van der Waals surface area contributed by atoms with Gasteiger partial charge in [0.1, 0.15) is 6.04 Å². The molecule has 1 aliphatic rings. The van der Waals surface area contributed by atoms with E-state index in [2.05, 4.69) is 24.0 Å². The van der Waals surface area contributed by atoms with Gasteiger partial charge in [-0.3, -0.25) is 0 Å². The number of hydrogen-bond donors (Lipinski definition) is 0. The van der Waals surface area contributed by atoms with Crippen molar-refractivity contribution < 1.29 is 12.9 Å². The molecule has 1 aliphatic heterocycles. The van der Waals surface area contributed by atoms with E-state index in [4.69, 9.17) is 4.52 Å². The zero-order chi connectivity index (χ0) is 20.6. The van der Waals surface area contributed by atoms with Crippen molar-refractivity contribution in [2.45, 2.75) is 50.5 Å². The molecule has 1 fully saturated rings. The topological polar surface area (TPSA) is 76.3 Å². The van der Waals surface area contributed by atoms with E-state index in [1.807, 2.05) is 43.3 Å². The zero-order valence-electron chi connectivity index (χ0n) is 16.9. The Morgan fingerprint density at radius 2 is 1.90 bits per heavy atom. The Balaban J connectivity index is 1.62. The fourth-order valence-corrected chi connectivity index (χ4v) is 5.36. The van der Waals surface area contributed by atoms with Gasteiger partial charge in [-0.2, -0.15) is 9.29 Å². The largest absolute Gasteiger partial charge is 0.337 e. The number of nitrogens with zero attached hydrogens (tertiary/aromatic N) is 3. The van der Waals surface area contributed by atoms with Gasteiger partial charge in [-0.05, 0) is 49.4 Å². The van der Waals surface area contributed by atoms with Crippen LogP contribution in [0.4, 0.5) is 0 Å². The lowest BCUT2D eigenvalue weighted by Gasteiger charge is -2.21. The van der Waals surface area contributed by atoms with Gasteiger partial charge in [-0.15, -0.1) is 0 Å². The molecule has 0 radical (unpaired) electrons. The molecule has 1 saturated heterocycles. The van der Waals surface area contributed by atoms with E-state index >= 15 is 0 Å². The summed E-state index contributed by atoms with van der Waals surface area (Å²) in [7, 11) is -3.64. The van der Waals surface area contributed by atoms with Crippen LogP contribution in [0.25, 0.3) is 11.4 Å². The number of sulfonamides is 1. The Hall–Kier alpha value is -2.51. The summed E-state index contributed by atoms with van der Waals surface area (Å²) >= 11 is 0. The van der Waals surface area contributed by atoms with Gasteiger partial charge >= 0.3 is 0 Å². The van der Waals surface area contributed by atoms with Gasteiger partial charge in [0.25, 0.3) is 0 Å². The van der Waals surface area contributed by atoms with E-state index in [1.165, 1.54) is 4.31 Å². The molecule has 7 heteroatoms. The molecule has 0 N–H and O–H groups in total. The molecule has 0 bridgehead atoms. The second-order valence-corrected chi connectivity index (χ2v) is 9.71. The molecular weight excluding hydrogens is 386 g/mol. The average Bonchev–Trinajstić information content (AvgIpc) is 3.37. The monoisotopic (exact) mass is 411 g/mol. The lowest BCUT2D eigenvalue weighted by Crippen LogP contribution is -2.30. The molecule has 6 nitrogen and oxygen atoms in total. The van der Waals surface area contributed by atoms with E-state index in [9.17, 15) is 8.42 Å². The Bertz CT molecular complexity index is 1100. The van der Waals surface area contributed by atoms with Crippen molar-refractivity contribution >= 4 is 10.0 Å². The molecule has 1 aromatic heterocycles. The molecule has 152 valence electrons. The minimum absolute atomic E-state index is 0.298. The molecule has 0 aliphatic carbocycles. The SMILES string of the molecule is Cc1cccc(-c2noc([C@@H]3CCCN3S(=O)(=O)c3ccc(C(C)C)cc3)n2)c1. The Labute approximate surface area is 171 Å². The third-order valence-electron chi connectivity index (χ3n) is 5.36. The van der Waals surface area contributed by atoms with Crippen molar-refractivity contribution in [2.24, 2.45) is 0 Å². The Kier molecular flexibility index (Phi) is 5.27. The van der Waals surface area contributed by atoms with Gasteiger partial charge < -0.3 is 4.52 Å². The normalized spacial score (nSPS) is 17.9. The van der Waals surface area contributed by atoms with Crippen LogP contribution in [0.5, 0.6) is 0 Å². The molecule has 0 unspecified atom stereocenters. The van der Waals surface area contributed by atoms with Crippen LogP contribution >= 0.6 is 0 Å². The summed E-state index contributed by atoms with van der Waals surface area (Å²) < 4.78 is 33.5. The van der Waals surface area contributed by atoms with Gasteiger partial charge in [0.15, 0.2) is 0 Å². The summed E-state index contributed by atoms with van der Waals surface area (Å²) in [5, 5.41) is 4.08. The quantitative estimate of drug-likeness (QED) is 0.608. The molecule has 0 spiro atoms. The summed E-state index contributed by atoms with van der Waals surface area (Å²) in [6, 6.07) is 14.5. The first-order chi connectivity index (χ1) is 13.9. The standard InChI is InChI=1S/C22H25N3O3S/c1-15(2)17-9-11-19(12-10-17)29(26,27)25-13-5-8-20(25)22-23-21(24-28-22)18-7-4-6-16(3)14-18/h4,6-7,9-12,14-15,20H,5,8,13H2,1-3H3/t20-/m0/s1. The average molecular weight is 412 g/mol. The minimum atomic E-state index is -3.64. The van der Waals surface area contributed by atoms with Crippen molar-refractivity contribution in [1.29, 1.82) is 0 Å². The van der Waals surface area contributed by atoms with Gasteiger partial charge in [-0.25, -0.2) is 8.42 Å². The first kappa shape index (κ1) is 19.8. The van der Waals surface area contributed by atoms with Crippen molar-refractivity contribution in [3.63, 3.8) is 0 Å². The first-order valence-electron chi connectivity index (χ1n) is 9.89. The molecule has 3 aromatic rings. The molecule has 4 rings (SSSR count). The smallest absolute Gasteiger partial charge is 0.245 e. The number of aromatic nitrogens is 2. The second kappa shape index (κ2) is 7.72. The molecule has 2 heterocycles. The fourth-order valence-electron chi connectivity index (χ4n) is 3.71. The third kappa shape index (κ3) is 3.84. The van der Waals surface area contributed by atoms with Crippen LogP contribution in [0.15, 0.2) is 57.9 Å². The van der Waals surface area contributed by atoms with E-state index < -0.39 is 16.1 Å². The van der Waals surface area contributed by atoms with Gasteiger partial charge in [0.05, 0.1) is 4.90 Å². The number of hydrogen-bond acceptors (Lipinski definition) is 5. The highest BCUT2D eigenvalue weighted by Gasteiger charge is 2.39. The maximum atomic E-state index is 13.3. The highest BCUT2D eigenvalue weighted by Crippen LogP contribution is 2.36. The van der Waals surface area contributed by atoms with Crippen LogP contribution in [0, 0.1) is 6.92 Å². The summed E-state index contributed by atoms with van der Waals surface area (Å²) in [6.45, 7) is 6.62. The maximum Gasteiger partial charge on any atom is 0.245 e. The van der Waals surface area contributed by atoms with Crippen LogP contribution in [0.1, 0.15) is 55.7 Å². The fraction of sp³-hybridized carbons (Fsp3) is 0.364. The Morgan fingerprint density at radius 3 is 2.59 bits per heavy atom. The molecule has 2 aromatic carbocycles. The predicted molar refractivity (Wildman–Crippen MR) is 111 cm³/mol. The molecule has 0 saturated carbocycles. The number of benzene rings is 2. The number of aryl methyl sites for hydroxylation is 1. The lowest BCUT2D eigenvalue weighted by atomic mass is 10.0. The van der Waals surface area contributed by atoms with Crippen LogP contribution in [0.3, 0.4) is 0 Å². The van der Waals surface area contributed by atoms with E-state index in [1.54, 1.807) is 12.1 Å². The Morgan fingerprint density at radius 1 is 1.14 bits per heavy atom. The first-order valence-corrected chi connectivity index (χ1v) is 11.3. The maximum absolute atomic E-state index is 13.3. The molecule has 0 amide bonds. The summed E-state index contributed by atoms with van der Waals surface area (Å²) in [4.78, 5) is 4.81. The second-order valence-electron chi connectivity index (χ2n) is 7.82. The minimum Gasteiger partial charge on any atom is -0.337 e. The highest BCUT2D eigenvalue weighted by atomic mass is 32.2. The van der Waals surface area contributed by atoms with Crippen molar-refractivity contribution in [3.05, 3.63) is 65.5 Å². The van der Waals surface area contributed by atoms with Gasteiger partial charge in [0, 0.05) is 12.1 Å². The van der Waals surface area contributed by atoms with Crippen molar-refractivity contribution in [1.82, 2.24) is 14.4 Å². The van der Waals surface area contributed by atoms with Gasteiger partial charge in [-0.1, -0.05) is 54.9 Å².